The largest absolute Gasteiger partial charge is 0.295 e. The summed E-state index contributed by atoms with van der Waals surface area (Å²) < 4.78 is 52.8. The van der Waals surface area contributed by atoms with Gasteiger partial charge in [-0.15, -0.1) is 0 Å². The van der Waals surface area contributed by atoms with E-state index >= 15 is 0 Å². The van der Waals surface area contributed by atoms with E-state index in [1.165, 1.54) is 45.0 Å². The lowest BCUT2D eigenvalue weighted by Crippen LogP contribution is -2.44. The second-order valence-corrected chi connectivity index (χ2v) is 6.28. The minimum Gasteiger partial charge on any atom is -0.251 e. The molecule has 17 heavy (non-hydrogen) atoms. The van der Waals surface area contributed by atoms with Gasteiger partial charge in [-0.1, -0.05) is 39.0 Å². The highest BCUT2D eigenvalue weighted by Gasteiger charge is 2.53. The minimum absolute atomic E-state index is 0.0731. The second kappa shape index (κ2) is 4.80. The summed E-state index contributed by atoms with van der Waals surface area (Å²) in [7, 11) is -2.36. The smallest absolute Gasteiger partial charge is 0.251 e. The number of rotatable bonds is 3. The summed E-state index contributed by atoms with van der Waals surface area (Å²) in [4.78, 5) is 0.0731. The molecule has 0 aliphatic heterocycles. The van der Waals surface area contributed by atoms with Gasteiger partial charge in [0, 0.05) is 10.3 Å². The van der Waals surface area contributed by atoms with Crippen LogP contribution in [0.5, 0.6) is 0 Å². The molecule has 0 heterocycles. The molecule has 0 radical (unpaired) electrons. The molecular formula is C12H15F3OS. The Labute approximate surface area is 101 Å². The van der Waals surface area contributed by atoms with Crippen LogP contribution in [0.15, 0.2) is 35.2 Å². The van der Waals surface area contributed by atoms with Crippen LogP contribution in [0.4, 0.5) is 13.2 Å². The maximum absolute atomic E-state index is 13.7. The molecule has 0 aliphatic carbocycles. The summed E-state index contributed by atoms with van der Waals surface area (Å²) in [6, 6.07) is 7.48. The first-order valence-electron chi connectivity index (χ1n) is 5.15. The Kier molecular flexibility index (Phi) is 4.02. The molecule has 1 rings (SSSR count). The SMILES string of the molecule is CC(C)(C)C(F)(F)C(F)S(=O)c1ccccc1. The zero-order valence-electron chi connectivity index (χ0n) is 9.91. The molecule has 0 aromatic heterocycles. The van der Waals surface area contributed by atoms with Crippen molar-refractivity contribution in [2.75, 3.05) is 0 Å². The Morgan fingerprint density at radius 1 is 1.12 bits per heavy atom. The van der Waals surface area contributed by atoms with Gasteiger partial charge in [-0.25, -0.2) is 13.2 Å². The quantitative estimate of drug-likeness (QED) is 0.812. The van der Waals surface area contributed by atoms with Gasteiger partial charge in [0.15, 0.2) is 0 Å². The third-order valence-electron chi connectivity index (χ3n) is 2.45. The van der Waals surface area contributed by atoms with Gasteiger partial charge in [0.2, 0.25) is 5.50 Å². The maximum Gasteiger partial charge on any atom is 0.295 e. The summed E-state index contributed by atoms with van der Waals surface area (Å²) in [5.41, 5.74) is -4.28. The van der Waals surface area contributed by atoms with Crippen molar-refractivity contribution in [2.24, 2.45) is 5.41 Å². The zero-order chi connectivity index (χ0) is 13.3. The minimum atomic E-state index is -3.65. The molecule has 0 bridgehead atoms. The van der Waals surface area contributed by atoms with Crippen LogP contribution in [-0.2, 0) is 10.8 Å². The lowest BCUT2D eigenvalue weighted by Gasteiger charge is -2.32. The molecule has 1 aromatic carbocycles. The molecule has 0 aliphatic rings. The zero-order valence-corrected chi connectivity index (χ0v) is 10.7. The van der Waals surface area contributed by atoms with Crippen LogP contribution in [0.3, 0.4) is 0 Å². The van der Waals surface area contributed by atoms with E-state index in [-0.39, 0.29) is 4.90 Å². The standard InChI is InChI=1S/C12H15F3OS/c1-11(2,3)12(14,15)10(13)17(16)9-7-5-4-6-8-9/h4-8,10H,1-3H3. The van der Waals surface area contributed by atoms with Gasteiger partial charge in [0.25, 0.3) is 5.92 Å². The summed E-state index contributed by atoms with van der Waals surface area (Å²) in [6.45, 7) is 3.67. The van der Waals surface area contributed by atoms with Crippen molar-refractivity contribution in [2.45, 2.75) is 37.1 Å². The molecule has 1 aromatic rings. The summed E-state index contributed by atoms with van der Waals surface area (Å²) in [5.74, 6) is -3.65. The molecule has 0 fully saturated rings. The molecule has 2 atom stereocenters. The number of benzene rings is 1. The van der Waals surface area contributed by atoms with Crippen LogP contribution in [0, 0.1) is 5.41 Å². The average Bonchev–Trinajstić information content (AvgIpc) is 2.26. The number of halogens is 3. The van der Waals surface area contributed by atoms with Crippen molar-refractivity contribution in [3.05, 3.63) is 30.3 Å². The van der Waals surface area contributed by atoms with Gasteiger partial charge in [-0.2, -0.15) is 0 Å². The molecule has 0 amide bonds. The molecule has 96 valence electrons. The lowest BCUT2D eigenvalue weighted by molar-refractivity contribution is -0.124. The molecule has 0 saturated carbocycles. The Hall–Kier alpha value is -0.840. The molecular weight excluding hydrogens is 249 g/mol. The fourth-order valence-electron chi connectivity index (χ4n) is 1.15. The first-order valence-corrected chi connectivity index (χ1v) is 6.37. The third-order valence-corrected chi connectivity index (χ3v) is 3.86. The van der Waals surface area contributed by atoms with Gasteiger partial charge in [0.05, 0.1) is 10.8 Å². The van der Waals surface area contributed by atoms with Crippen molar-refractivity contribution in [1.82, 2.24) is 0 Å². The van der Waals surface area contributed by atoms with E-state index in [0.29, 0.717) is 0 Å². The highest BCUT2D eigenvalue weighted by molar-refractivity contribution is 7.85. The van der Waals surface area contributed by atoms with E-state index in [9.17, 15) is 17.4 Å². The van der Waals surface area contributed by atoms with Crippen LogP contribution in [0.2, 0.25) is 0 Å². The number of hydrogen-bond donors (Lipinski definition) is 0. The van der Waals surface area contributed by atoms with Crippen LogP contribution < -0.4 is 0 Å². The van der Waals surface area contributed by atoms with E-state index < -0.39 is 27.6 Å². The normalized spacial score (nSPS) is 16.6. The fourth-order valence-corrected chi connectivity index (χ4v) is 2.44. The van der Waals surface area contributed by atoms with Gasteiger partial charge in [0.1, 0.15) is 0 Å². The highest BCUT2D eigenvalue weighted by Crippen LogP contribution is 2.41. The molecule has 5 heteroatoms. The first kappa shape index (κ1) is 14.2. The first-order chi connectivity index (χ1) is 7.68. The Morgan fingerprint density at radius 2 is 1.59 bits per heavy atom. The van der Waals surface area contributed by atoms with E-state index in [1.54, 1.807) is 6.07 Å². The van der Waals surface area contributed by atoms with Crippen molar-refractivity contribution in [1.29, 1.82) is 0 Å². The molecule has 2 unspecified atom stereocenters. The Balaban J connectivity index is 2.99. The van der Waals surface area contributed by atoms with Gasteiger partial charge in [-0.3, -0.25) is 4.21 Å². The van der Waals surface area contributed by atoms with E-state index in [1.807, 2.05) is 0 Å². The number of alkyl halides is 3. The maximum atomic E-state index is 13.7. The van der Waals surface area contributed by atoms with Crippen LogP contribution in [0.1, 0.15) is 20.8 Å². The second-order valence-electron chi connectivity index (χ2n) is 4.80. The predicted octanol–water partition coefficient (Wildman–Crippen LogP) is 3.77. The predicted molar refractivity (Wildman–Crippen MR) is 62.1 cm³/mol. The molecule has 0 spiro atoms. The van der Waals surface area contributed by atoms with Gasteiger partial charge >= 0.3 is 0 Å². The summed E-state index contributed by atoms with van der Waals surface area (Å²) >= 11 is 0. The van der Waals surface area contributed by atoms with Gasteiger partial charge in [-0.05, 0) is 12.1 Å². The summed E-state index contributed by atoms with van der Waals surface area (Å²) in [6.07, 6.45) is 0. The third kappa shape index (κ3) is 2.89. The monoisotopic (exact) mass is 264 g/mol. The van der Waals surface area contributed by atoms with Crippen LogP contribution in [-0.4, -0.2) is 15.6 Å². The fraction of sp³-hybridized carbons (Fsp3) is 0.500. The van der Waals surface area contributed by atoms with Gasteiger partial charge < -0.3 is 0 Å². The lowest BCUT2D eigenvalue weighted by atomic mass is 9.89. The molecule has 1 nitrogen and oxygen atoms in total. The van der Waals surface area contributed by atoms with Crippen molar-refractivity contribution in [3.63, 3.8) is 0 Å². The van der Waals surface area contributed by atoms with Crippen molar-refractivity contribution in [3.8, 4) is 0 Å². The van der Waals surface area contributed by atoms with Crippen LogP contribution >= 0.6 is 0 Å². The Bertz CT molecular complexity index is 398. The van der Waals surface area contributed by atoms with E-state index in [4.69, 9.17) is 0 Å². The molecule has 0 N–H and O–H groups in total. The highest BCUT2D eigenvalue weighted by atomic mass is 32.2. The molecule has 0 saturated heterocycles. The summed E-state index contributed by atoms with van der Waals surface area (Å²) in [5, 5.41) is 0. The van der Waals surface area contributed by atoms with Crippen molar-refractivity contribution >= 4 is 10.8 Å². The number of hydrogen-bond acceptors (Lipinski definition) is 1. The van der Waals surface area contributed by atoms with E-state index in [2.05, 4.69) is 0 Å². The van der Waals surface area contributed by atoms with Crippen molar-refractivity contribution < 1.29 is 17.4 Å². The van der Waals surface area contributed by atoms with Crippen LogP contribution in [0.25, 0.3) is 0 Å². The van der Waals surface area contributed by atoms with E-state index in [0.717, 1.165) is 0 Å². The topological polar surface area (TPSA) is 17.1 Å². The Morgan fingerprint density at radius 3 is 2.00 bits per heavy atom. The average molecular weight is 264 g/mol.